The Labute approximate surface area is 80.0 Å². The Bertz CT molecular complexity index is 127. The summed E-state index contributed by atoms with van der Waals surface area (Å²) in [6, 6.07) is 0. The van der Waals surface area contributed by atoms with Crippen molar-refractivity contribution in [3.05, 3.63) is 0 Å². The fraction of sp³-hybridized carbons (Fsp3) is 1.00. The molecule has 0 bridgehead atoms. The Morgan fingerprint density at radius 1 is 1.31 bits per heavy atom. The van der Waals surface area contributed by atoms with Crippen LogP contribution in [0.25, 0.3) is 0 Å². The fourth-order valence-electron chi connectivity index (χ4n) is 1.69. The van der Waals surface area contributed by atoms with Crippen molar-refractivity contribution in [2.75, 3.05) is 19.8 Å². The van der Waals surface area contributed by atoms with Crippen LogP contribution >= 0.6 is 0 Å². The number of hydrogen-bond acceptors (Lipinski definition) is 3. The molecular weight excluding hydrogens is 168 g/mol. The second-order valence-electron chi connectivity index (χ2n) is 3.51. The number of aliphatic hydroxyl groups is 1. The summed E-state index contributed by atoms with van der Waals surface area (Å²) in [7, 11) is 0. The third kappa shape index (κ3) is 4.60. The number of ether oxygens (including phenoxy) is 2. The highest BCUT2D eigenvalue weighted by Crippen LogP contribution is 2.20. The Kier molecular flexibility index (Phi) is 5.35. The minimum atomic E-state index is -0.147. The van der Waals surface area contributed by atoms with Crippen LogP contribution in [0.4, 0.5) is 0 Å². The second-order valence-corrected chi connectivity index (χ2v) is 3.51. The van der Waals surface area contributed by atoms with Gasteiger partial charge in [0.05, 0.1) is 25.4 Å². The van der Waals surface area contributed by atoms with Crippen LogP contribution in [0.15, 0.2) is 0 Å². The summed E-state index contributed by atoms with van der Waals surface area (Å²) < 4.78 is 10.7. The van der Waals surface area contributed by atoms with Crippen LogP contribution in [0.3, 0.4) is 0 Å². The molecule has 1 rings (SSSR count). The summed E-state index contributed by atoms with van der Waals surface area (Å²) >= 11 is 0. The van der Waals surface area contributed by atoms with Crippen molar-refractivity contribution in [3.63, 3.8) is 0 Å². The van der Waals surface area contributed by atoms with Crippen LogP contribution in [-0.2, 0) is 9.47 Å². The third-order valence-corrected chi connectivity index (χ3v) is 2.38. The maximum atomic E-state index is 9.37. The molecular formula is C10H20O3. The fourth-order valence-corrected chi connectivity index (χ4v) is 1.69. The molecule has 0 radical (unpaired) electrons. The van der Waals surface area contributed by atoms with Crippen LogP contribution in [0, 0.1) is 0 Å². The molecule has 1 saturated carbocycles. The normalized spacial score (nSPS) is 29.1. The molecule has 0 saturated heterocycles. The lowest BCUT2D eigenvalue weighted by Gasteiger charge is -2.25. The predicted octanol–water partition coefficient (Wildman–Crippen LogP) is 1.34. The Balaban J connectivity index is 2.00. The molecule has 0 aliphatic heterocycles. The van der Waals surface area contributed by atoms with Gasteiger partial charge in [-0.25, -0.2) is 0 Å². The highest BCUT2D eigenvalue weighted by molar-refractivity contribution is 4.72. The average molecular weight is 188 g/mol. The first-order valence-electron chi connectivity index (χ1n) is 5.20. The van der Waals surface area contributed by atoms with Crippen molar-refractivity contribution < 1.29 is 14.6 Å². The molecule has 1 fully saturated rings. The smallest absolute Gasteiger partial charge is 0.0704 e. The maximum absolute atomic E-state index is 9.37. The highest BCUT2D eigenvalue weighted by atomic mass is 16.5. The van der Waals surface area contributed by atoms with E-state index in [1.54, 1.807) is 0 Å². The van der Waals surface area contributed by atoms with Crippen LogP contribution in [0.5, 0.6) is 0 Å². The van der Waals surface area contributed by atoms with Crippen LogP contribution in [0.2, 0.25) is 0 Å². The van der Waals surface area contributed by atoms with E-state index in [1.165, 1.54) is 0 Å². The topological polar surface area (TPSA) is 38.7 Å². The van der Waals surface area contributed by atoms with Crippen molar-refractivity contribution in [2.45, 2.75) is 44.8 Å². The third-order valence-electron chi connectivity index (χ3n) is 2.38. The first kappa shape index (κ1) is 11.0. The molecule has 3 heteroatoms. The summed E-state index contributed by atoms with van der Waals surface area (Å²) in [6.45, 7) is 4.05. The van der Waals surface area contributed by atoms with Gasteiger partial charge in [0.1, 0.15) is 0 Å². The van der Waals surface area contributed by atoms with E-state index in [2.05, 4.69) is 0 Å². The molecule has 3 nitrogen and oxygen atoms in total. The average Bonchev–Trinajstić information content (AvgIpc) is 2.13. The largest absolute Gasteiger partial charge is 0.393 e. The van der Waals surface area contributed by atoms with E-state index in [9.17, 15) is 5.11 Å². The first-order chi connectivity index (χ1) is 6.33. The SMILES string of the molecule is CCOCCOC1CCCC(O)C1. The summed E-state index contributed by atoms with van der Waals surface area (Å²) in [4.78, 5) is 0. The zero-order valence-corrected chi connectivity index (χ0v) is 8.37. The molecule has 1 aliphatic rings. The van der Waals surface area contributed by atoms with E-state index in [0.717, 1.165) is 32.3 Å². The second kappa shape index (κ2) is 6.35. The lowest BCUT2D eigenvalue weighted by molar-refractivity contribution is -0.0355. The molecule has 0 spiro atoms. The van der Waals surface area contributed by atoms with Crippen LogP contribution < -0.4 is 0 Å². The van der Waals surface area contributed by atoms with Crippen molar-refractivity contribution in [1.82, 2.24) is 0 Å². The van der Waals surface area contributed by atoms with E-state index in [0.29, 0.717) is 13.2 Å². The Morgan fingerprint density at radius 2 is 2.15 bits per heavy atom. The standard InChI is InChI=1S/C10H20O3/c1-2-12-6-7-13-10-5-3-4-9(11)8-10/h9-11H,2-8H2,1H3. The van der Waals surface area contributed by atoms with Crippen molar-refractivity contribution in [3.8, 4) is 0 Å². The van der Waals surface area contributed by atoms with Gasteiger partial charge in [0, 0.05) is 6.61 Å². The van der Waals surface area contributed by atoms with Gasteiger partial charge in [0.25, 0.3) is 0 Å². The zero-order chi connectivity index (χ0) is 9.52. The van der Waals surface area contributed by atoms with Gasteiger partial charge in [0.2, 0.25) is 0 Å². The minimum Gasteiger partial charge on any atom is -0.393 e. The maximum Gasteiger partial charge on any atom is 0.0704 e. The Morgan fingerprint density at radius 3 is 2.85 bits per heavy atom. The van der Waals surface area contributed by atoms with Crippen molar-refractivity contribution >= 4 is 0 Å². The van der Waals surface area contributed by atoms with Gasteiger partial charge in [0.15, 0.2) is 0 Å². The molecule has 1 N–H and O–H groups in total. The Hall–Kier alpha value is -0.120. The van der Waals surface area contributed by atoms with E-state index < -0.39 is 0 Å². The summed E-state index contributed by atoms with van der Waals surface area (Å²) in [5, 5.41) is 9.37. The van der Waals surface area contributed by atoms with Crippen molar-refractivity contribution in [2.24, 2.45) is 0 Å². The number of rotatable bonds is 5. The van der Waals surface area contributed by atoms with Gasteiger partial charge in [-0.3, -0.25) is 0 Å². The van der Waals surface area contributed by atoms with E-state index in [4.69, 9.17) is 9.47 Å². The van der Waals surface area contributed by atoms with Crippen molar-refractivity contribution in [1.29, 1.82) is 0 Å². The number of hydrogen-bond donors (Lipinski definition) is 1. The van der Waals surface area contributed by atoms with Crippen LogP contribution in [0.1, 0.15) is 32.6 Å². The zero-order valence-electron chi connectivity index (χ0n) is 8.37. The molecule has 2 atom stereocenters. The first-order valence-corrected chi connectivity index (χ1v) is 5.20. The monoisotopic (exact) mass is 188 g/mol. The van der Waals surface area contributed by atoms with Gasteiger partial charge in [-0.05, 0) is 32.6 Å². The van der Waals surface area contributed by atoms with Crippen LogP contribution in [-0.4, -0.2) is 37.1 Å². The summed E-state index contributed by atoms with van der Waals surface area (Å²) in [6.07, 6.45) is 4.01. The lowest BCUT2D eigenvalue weighted by Crippen LogP contribution is -2.27. The lowest BCUT2D eigenvalue weighted by atomic mass is 9.95. The molecule has 13 heavy (non-hydrogen) atoms. The van der Waals surface area contributed by atoms with Gasteiger partial charge in [-0.2, -0.15) is 0 Å². The van der Waals surface area contributed by atoms with Gasteiger partial charge < -0.3 is 14.6 Å². The molecule has 0 amide bonds. The van der Waals surface area contributed by atoms with E-state index >= 15 is 0 Å². The number of aliphatic hydroxyl groups excluding tert-OH is 1. The predicted molar refractivity (Wildman–Crippen MR) is 50.7 cm³/mol. The van der Waals surface area contributed by atoms with Gasteiger partial charge in [-0.1, -0.05) is 0 Å². The minimum absolute atomic E-state index is 0.147. The van der Waals surface area contributed by atoms with E-state index in [-0.39, 0.29) is 12.2 Å². The molecule has 0 aromatic heterocycles. The highest BCUT2D eigenvalue weighted by Gasteiger charge is 2.20. The van der Waals surface area contributed by atoms with Gasteiger partial charge >= 0.3 is 0 Å². The molecule has 0 heterocycles. The van der Waals surface area contributed by atoms with E-state index in [1.807, 2.05) is 6.92 Å². The summed E-state index contributed by atoms with van der Waals surface area (Å²) in [5.74, 6) is 0. The molecule has 2 unspecified atom stereocenters. The summed E-state index contributed by atoms with van der Waals surface area (Å²) in [5.41, 5.74) is 0. The molecule has 0 aromatic carbocycles. The molecule has 0 aromatic rings. The molecule has 1 aliphatic carbocycles. The van der Waals surface area contributed by atoms with Gasteiger partial charge in [-0.15, -0.1) is 0 Å². The quantitative estimate of drug-likeness (QED) is 0.662. The molecule has 78 valence electrons.